The molecule has 0 unspecified atom stereocenters. The summed E-state index contributed by atoms with van der Waals surface area (Å²) in [5, 5.41) is 13.0. The van der Waals surface area contributed by atoms with Crippen LogP contribution in [0.5, 0.6) is 11.5 Å². The molecule has 180 valence electrons. The Labute approximate surface area is 197 Å². The molecule has 34 heavy (non-hydrogen) atoms. The Hall–Kier alpha value is -3.81. The van der Waals surface area contributed by atoms with Crippen molar-refractivity contribution in [2.24, 2.45) is 5.92 Å². The van der Waals surface area contributed by atoms with E-state index in [1.54, 1.807) is 39.8 Å². The van der Waals surface area contributed by atoms with Gasteiger partial charge in [0, 0.05) is 23.8 Å². The number of fused-ring (bicyclic) bond motifs is 1. The fourth-order valence-electron chi connectivity index (χ4n) is 3.33. The third-order valence-electron chi connectivity index (χ3n) is 5.20. The van der Waals surface area contributed by atoms with Gasteiger partial charge in [0.1, 0.15) is 39.9 Å². The number of hydrogen-bond donors (Lipinski definition) is 2. The third-order valence-corrected chi connectivity index (χ3v) is 5.20. The molecule has 1 heterocycles. The zero-order chi connectivity index (χ0) is 25.0. The van der Waals surface area contributed by atoms with Crippen molar-refractivity contribution in [2.75, 3.05) is 0 Å². The van der Waals surface area contributed by atoms with Crippen LogP contribution in [0.2, 0.25) is 0 Å². The van der Waals surface area contributed by atoms with E-state index in [0.717, 1.165) is 0 Å². The molecule has 2 aromatic carbocycles. The molecule has 8 nitrogen and oxygen atoms in total. The van der Waals surface area contributed by atoms with Gasteiger partial charge in [-0.05, 0) is 26.7 Å². The lowest BCUT2D eigenvalue weighted by Crippen LogP contribution is -2.48. The van der Waals surface area contributed by atoms with E-state index < -0.39 is 29.1 Å². The summed E-state index contributed by atoms with van der Waals surface area (Å²) < 4.78 is 16.6. The van der Waals surface area contributed by atoms with Crippen molar-refractivity contribution < 1.29 is 28.6 Å². The number of esters is 1. The summed E-state index contributed by atoms with van der Waals surface area (Å²) in [7, 11) is 0. The molecule has 0 aliphatic heterocycles. The van der Waals surface area contributed by atoms with Crippen LogP contribution >= 0.6 is 0 Å². The number of ether oxygens (including phenoxy) is 2. The number of phenolic OH excluding ortho intramolecular Hbond substituents is 1. The summed E-state index contributed by atoms with van der Waals surface area (Å²) in [6.45, 7) is 8.84. The maximum atomic E-state index is 13.0. The number of nitrogens with one attached hydrogen (secondary N) is 1. The molecular weight excluding hydrogens is 438 g/mol. The van der Waals surface area contributed by atoms with Crippen molar-refractivity contribution in [3.8, 4) is 22.8 Å². The molecule has 3 aromatic rings. The fourth-order valence-corrected chi connectivity index (χ4v) is 3.33. The highest BCUT2D eigenvalue weighted by molar-refractivity contribution is 5.88. The largest absolute Gasteiger partial charge is 0.507 e. The second-order valence-corrected chi connectivity index (χ2v) is 9.09. The van der Waals surface area contributed by atoms with Gasteiger partial charge in [-0.2, -0.15) is 0 Å². The van der Waals surface area contributed by atoms with Gasteiger partial charge in [0.25, 0.3) is 0 Å². The molecule has 8 heteroatoms. The Morgan fingerprint density at radius 3 is 2.41 bits per heavy atom. The second-order valence-electron chi connectivity index (χ2n) is 9.09. The molecule has 0 fully saturated rings. The number of aromatic hydroxyl groups is 1. The minimum absolute atomic E-state index is 0.0233. The molecule has 2 N–H and O–H groups in total. The lowest BCUT2D eigenvalue weighted by atomic mass is 9.99. The molecule has 0 aliphatic carbocycles. The quantitative estimate of drug-likeness (QED) is 0.387. The van der Waals surface area contributed by atoms with E-state index in [1.807, 2.05) is 25.1 Å². The van der Waals surface area contributed by atoms with E-state index in [9.17, 15) is 19.5 Å². The summed E-state index contributed by atoms with van der Waals surface area (Å²) in [5.74, 6) is -1.08. The zero-order valence-corrected chi connectivity index (χ0v) is 19.9. The number of phenols is 1. The van der Waals surface area contributed by atoms with Crippen molar-refractivity contribution in [3.63, 3.8) is 0 Å². The van der Waals surface area contributed by atoms with Crippen LogP contribution in [0.3, 0.4) is 0 Å². The number of carbonyl (C=O) groups is 2. The summed E-state index contributed by atoms with van der Waals surface area (Å²) in [4.78, 5) is 37.8. The van der Waals surface area contributed by atoms with Crippen LogP contribution in [-0.2, 0) is 9.53 Å². The van der Waals surface area contributed by atoms with Gasteiger partial charge >= 0.3 is 12.1 Å². The Kier molecular flexibility index (Phi) is 7.29. The predicted octanol–water partition coefficient (Wildman–Crippen LogP) is 5.01. The van der Waals surface area contributed by atoms with Gasteiger partial charge in [-0.15, -0.1) is 0 Å². The number of alkyl carbamates (subject to hydrolysis) is 1. The van der Waals surface area contributed by atoms with E-state index in [0.29, 0.717) is 17.7 Å². The first-order chi connectivity index (χ1) is 16.0. The van der Waals surface area contributed by atoms with Crippen molar-refractivity contribution >= 4 is 23.0 Å². The van der Waals surface area contributed by atoms with Crippen LogP contribution in [0.1, 0.15) is 41.0 Å². The maximum Gasteiger partial charge on any atom is 0.408 e. The Morgan fingerprint density at radius 1 is 1.12 bits per heavy atom. The van der Waals surface area contributed by atoms with Gasteiger partial charge in [0.05, 0.1) is 0 Å². The molecular formula is C26H29NO7. The van der Waals surface area contributed by atoms with Crippen LogP contribution in [0.25, 0.3) is 22.3 Å². The Balaban J connectivity index is 1.92. The lowest BCUT2D eigenvalue weighted by molar-refractivity contribution is -0.138. The highest BCUT2D eigenvalue weighted by Gasteiger charge is 2.30. The van der Waals surface area contributed by atoms with Crippen LogP contribution < -0.4 is 15.5 Å². The number of carbonyl (C=O) groups excluding carboxylic acids is 2. The molecule has 0 saturated heterocycles. The Bertz CT molecular complexity index is 1240. The molecule has 0 aliphatic rings. The summed E-state index contributed by atoms with van der Waals surface area (Å²) in [5.41, 5.74) is -0.415. The average molecular weight is 468 g/mol. The highest BCUT2D eigenvalue weighted by atomic mass is 16.6. The summed E-state index contributed by atoms with van der Waals surface area (Å²) >= 11 is 0. The van der Waals surface area contributed by atoms with Crippen molar-refractivity contribution in [1.82, 2.24) is 5.32 Å². The first-order valence-corrected chi connectivity index (χ1v) is 11.1. The summed E-state index contributed by atoms with van der Waals surface area (Å²) in [6.07, 6.45) is -0.150. The van der Waals surface area contributed by atoms with Crippen LogP contribution in [0.4, 0.5) is 4.79 Å². The molecule has 3 rings (SSSR count). The van der Waals surface area contributed by atoms with Gasteiger partial charge in [-0.25, -0.2) is 9.59 Å². The van der Waals surface area contributed by atoms with Gasteiger partial charge in [0.15, 0.2) is 5.43 Å². The molecule has 2 atom stereocenters. The molecule has 0 radical (unpaired) electrons. The van der Waals surface area contributed by atoms with Gasteiger partial charge in [-0.3, -0.25) is 4.79 Å². The minimum atomic E-state index is -0.986. The first-order valence-electron chi connectivity index (χ1n) is 11.1. The first kappa shape index (κ1) is 24.8. The van der Waals surface area contributed by atoms with Gasteiger partial charge < -0.3 is 24.3 Å². The van der Waals surface area contributed by atoms with Crippen LogP contribution in [0, 0.1) is 5.92 Å². The number of amides is 1. The molecule has 1 amide bonds. The van der Waals surface area contributed by atoms with Crippen molar-refractivity contribution in [2.45, 2.75) is 52.7 Å². The van der Waals surface area contributed by atoms with Crippen LogP contribution in [0.15, 0.2) is 57.7 Å². The highest BCUT2D eigenvalue weighted by Crippen LogP contribution is 2.31. The van der Waals surface area contributed by atoms with E-state index in [4.69, 9.17) is 13.9 Å². The SMILES string of the molecule is CC[C@H](C)[C@H](NC(=O)OC(C)(C)C)C(=O)Oc1cc(O)c2c(=O)cc(-c3ccccc3)oc2c1. The van der Waals surface area contributed by atoms with E-state index >= 15 is 0 Å². The van der Waals surface area contributed by atoms with E-state index in [-0.39, 0.29) is 28.4 Å². The van der Waals surface area contributed by atoms with E-state index in [1.165, 1.54) is 18.2 Å². The van der Waals surface area contributed by atoms with Crippen LogP contribution in [-0.4, -0.2) is 28.8 Å². The fraction of sp³-hybridized carbons (Fsp3) is 0.346. The van der Waals surface area contributed by atoms with Gasteiger partial charge in [-0.1, -0.05) is 50.6 Å². The molecule has 0 saturated carbocycles. The molecule has 0 spiro atoms. The predicted molar refractivity (Wildman–Crippen MR) is 128 cm³/mol. The lowest BCUT2D eigenvalue weighted by Gasteiger charge is -2.25. The minimum Gasteiger partial charge on any atom is -0.507 e. The smallest absolute Gasteiger partial charge is 0.408 e. The Morgan fingerprint density at radius 2 is 1.79 bits per heavy atom. The molecule has 0 bridgehead atoms. The summed E-state index contributed by atoms with van der Waals surface area (Å²) in [6, 6.07) is 11.9. The second kappa shape index (κ2) is 9.99. The maximum absolute atomic E-state index is 13.0. The number of hydrogen-bond acceptors (Lipinski definition) is 7. The zero-order valence-electron chi connectivity index (χ0n) is 19.9. The van der Waals surface area contributed by atoms with Crippen molar-refractivity contribution in [3.05, 3.63) is 58.8 Å². The standard InChI is InChI=1S/C26H29NO7/c1-6-15(2)23(27-25(31)34-26(3,4)5)24(30)32-17-12-18(28)22-19(29)14-20(33-21(22)13-17)16-10-8-7-9-11-16/h7-15,23,28H,6H2,1-5H3,(H,27,31)/t15-,23-/m0/s1. The van der Waals surface area contributed by atoms with Gasteiger partial charge in [0.2, 0.25) is 0 Å². The number of rotatable bonds is 6. The number of benzene rings is 2. The third kappa shape index (κ3) is 5.95. The topological polar surface area (TPSA) is 115 Å². The van der Waals surface area contributed by atoms with Crippen molar-refractivity contribution in [1.29, 1.82) is 0 Å². The normalized spacial score (nSPS) is 13.2. The van der Waals surface area contributed by atoms with E-state index in [2.05, 4.69) is 5.32 Å². The molecule has 1 aromatic heterocycles. The average Bonchev–Trinajstić information content (AvgIpc) is 2.75. The monoisotopic (exact) mass is 467 g/mol.